The van der Waals surface area contributed by atoms with Gasteiger partial charge in [0.25, 0.3) is 11.8 Å². The minimum atomic E-state index is -0.0886. The Morgan fingerprint density at radius 1 is 1.07 bits per heavy atom. The SMILES string of the molecule is O=C(N[C@@H]1CCOC1)c1ccc(OC2CCN(C(=O)c3cccnc3)CC2)cc1. The monoisotopic (exact) mass is 395 g/mol. The van der Waals surface area contributed by atoms with Gasteiger partial charge in [0.1, 0.15) is 11.9 Å². The fraction of sp³-hybridized carbons (Fsp3) is 0.409. The molecule has 7 nitrogen and oxygen atoms in total. The van der Waals surface area contributed by atoms with E-state index in [1.54, 1.807) is 36.7 Å². The van der Waals surface area contributed by atoms with Crippen molar-refractivity contribution in [3.05, 3.63) is 59.9 Å². The molecule has 152 valence electrons. The third-order valence-electron chi connectivity index (χ3n) is 5.32. The number of likely N-dealkylation sites (tertiary alicyclic amines) is 1. The maximum absolute atomic E-state index is 12.5. The first kappa shape index (κ1) is 19.4. The lowest BCUT2D eigenvalue weighted by Gasteiger charge is -2.32. The van der Waals surface area contributed by atoms with Crippen LogP contribution >= 0.6 is 0 Å². The van der Waals surface area contributed by atoms with Crippen LogP contribution < -0.4 is 10.1 Å². The number of nitrogens with one attached hydrogen (secondary N) is 1. The molecule has 1 N–H and O–H groups in total. The Bertz CT molecular complexity index is 827. The lowest BCUT2D eigenvalue weighted by atomic mass is 10.1. The van der Waals surface area contributed by atoms with E-state index in [-0.39, 0.29) is 24.0 Å². The third-order valence-corrected chi connectivity index (χ3v) is 5.32. The summed E-state index contributed by atoms with van der Waals surface area (Å²) in [5.74, 6) is 0.664. The van der Waals surface area contributed by atoms with Gasteiger partial charge in [-0.1, -0.05) is 0 Å². The molecule has 29 heavy (non-hydrogen) atoms. The number of amides is 2. The average Bonchev–Trinajstić information content (AvgIpc) is 3.28. The molecule has 0 bridgehead atoms. The third kappa shape index (κ3) is 4.92. The number of carbonyl (C=O) groups is 2. The van der Waals surface area contributed by atoms with Gasteiger partial charge in [-0.15, -0.1) is 0 Å². The normalized spacial score (nSPS) is 19.7. The second-order valence-corrected chi connectivity index (χ2v) is 7.41. The van der Waals surface area contributed by atoms with E-state index >= 15 is 0 Å². The van der Waals surface area contributed by atoms with Crippen LogP contribution in [0.5, 0.6) is 5.75 Å². The number of pyridine rings is 1. The molecule has 4 rings (SSSR count). The lowest BCUT2D eigenvalue weighted by Crippen LogP contribution is -2.41. The highest BCUT2D eigenvalue weighted by Gasteiger charge is 2.25. The molecule has 1 atom stereocenters. The van der Waals surface area contributed by atoms with Crippen molar-refractivity contribution in [2.75, 3.05) is 26.3 Å². The fourth-order valence-corrected chi connectivity index (χ4v) is 3.64. The second kappa shape index (κ2) is 9.05. The highest BCUT2D eigenvalue weighted by Crippen LogP contribution is 2.21. The largest absolute Gasteiger partial charge is 0.490 e. The van der Waals surface area contributed by atoms with Crippen molar-refractivity contribution in [1.29, 1.82) is 0 Å². The molecule has 0 radical (unpaired) electrons. The molecule has 2 saturated heterocycles. The lowest BCUT2D eigenvalue weighted by molar-refractivity contribution is 0.0595. The summed E-state index contributed by atoms with van der Waals surface area (Å²) in [5.41, 5.74) is 1.23. The van der Waals surface area contributed by atoms with E-state index < -0.39 is 0 Å². The molecule has 3 heterocycles. The van der Waals surface area contributed by atoms with Gasteiger partial charge in [0.15, 0.2) is 0 Å². The predicted molar refractivity (Wildman–Crippen MR) is 107 cm³/mol. The van der Waals surface area contributed by atoms with Crippen LogP contribution in [-0.4, -0.2) is 60.1 Å². The summed E-state index contributed by atoms with van der Waals surface area (Å²) in [7, 11) is 0. The number of benzene rings is 1. The molecule has 0 aliphatic carbocycles. The molecule has 1 aromatic carbocycles. The molecule has 0 spiro atoms. The molecular weight excluding hydrogens is 370 g/mol. The Labute approximate surface area is 170 Å². The van der Waals surface area contributed by atoms with E-state index in [0.29, 0.717) is 37.4 Å². The number of piperidine rings is 1. The van der Waals surface area contributed by atoms with Crippen LogP contribution in [-0.2, 0) is 4.74 Å². The predicted octanol–water partition coefficient (Wildman–Crippen LogP) is 2.28. The highest BCUT2D eigenvalue weighted by molar-refractivity contribution is 5.94. The molecule has 2 fully saturated rings. The van der Waals surface area contributed by atoms with Crippen LogP contribution in [0.4, 0.5) is 0 Å². The average molecular weight is 395 g/mol. The summed E-state index contributed by atoms with van der Waals surface area (Å²) in [5, 5.41) is 2.98. The summed E-state index contributed by atoms with van der Waals surface area (Å²) in [6, 6.07) is 10.9. The van der Waals surface area contributed by atoms with Crippen molar-refractivity contribution < 1.29 is 19.1 Å². The zero-order valence-corrected chi connectivity index (χ0v) is 16.3. The van der Waals surface area contributed by atoms with Crippen LogP contribution in [0.15, 0.2) is 48.8 Å². The topological polar surface area (TPSA) is 80.8 Å². The number of rotatable bonds is 5. The molecule has 1 aromatic heterocycles. The first-order valence-corrected chi connectivity index (χ1v) is 10.0. The fourth-order valence-electron chi connectivity index (χ4n) is 3.64. The van der Waals surface area contributed by atoms with Gasteiger partial charge in [0.05, 0.1) is 18.2 Å². The minimum absolute atomic E-state index is 0.0135. The molecule has 2 aromatic rings. The zero-order valence-electron chi connectivity index (χ0n) is 16.3. The van der Waals surface area contributed by atoms with E-state index in [9.17, 15) is 9.59 Å². The summed E-state index contributed by atoms with van der Waals surface area (Å²) < 4.78 is 11.3. The van der Waals surface area contributed by atoms with E-state index in [4.69, 9.17) is 9.47 Å². The first-order chi connectivity index (χ1) is 14.2. The van der Waals surface area contributed by atoms with E-state index in [2.05, 4.69) is 10.3 Å². The van der Waals surface area contributed by atoms with Gasteiger partial charge < -0.3 is 19.7 Å². The Balaban J connectivity index is 1.26. The summed E-state index contributed by atoms with van der Waals surface area (Å²) in [6.45, 7) is 2.59. The van der Waals surface area contributed by atoms with Crippen LogP contribution in [0, 0.1) is 0 Å². The van der Waals surface area contributed by atoms with Gasteiger partial charge in [-0.05, 0) is 42.8 Å². The quantitative estimate of drug-likeness (QED) is 0.840. The Hall–Kier alpha value is -2.93. The summed E-state index contributed by atoms with van der Waals surface area (Å²) in [6.07, 6.45) is 5.72. The van der Waals surface area contributed by atoms with Crippen LogP contribution in [0.1, 0.15) is 40.0 Å². The van der Waals surface area contributed by atoms with Crippen molar-refractivity contribution in [1.82, 2.24) is 15.2 Å². The Morgan fingerprint density at radius 3 is 2.52 bits per heavy atom. The van der Waals surface area contributed by atoms with Gasteiger partial charge >= 0.3 is 0 Å². The van der Waals surface area contributed by atoms with Gasteiger partial charge in [0.2, 0.25) is 0 Å². The molecule has 2 aliphatic rings. The molecule has 2 amide bonds. The number of carbonyl (C=O) groups excluding carboxylic acids is 2. The van der Waals surface area contributed by atoms with E-state index in [1.807, 2.05) is 17.0 Å². The molecule has 0 unspecified atom stereocenters. The van der Waals surface area contributed by atoms with Crippen LogP contribution in [0.25, 0.3) is 0 Å². The number of hydrogen-bond acceptors (Lipinski definition) is 5. The maximum Gasteiger partial charge on any atom is 0.255 e. The van der Waals surface area contributed by atoms with E-state index in [0.717, 1.165) is 25.0 Å². The smallest absolute Gasteiger partial charge is 0.255 e. The van der Waals surface area contributed by atoms with Crippen molar-refractivity contribution in [2.24, 2.45) is 0 Å². The Kier molecular flexibility index (Phi) is 6.05. The number of nitrogens with zero attached hydrogens (tertiary/aromatic N) is 2. The summed E-state index contributed by atoms with van der Waals surface area (Å²) in [4.78, 5) is 30.6. The molecule has 7 heteroatoms. The van der Waals surface area contributed by atoms with Gasteiger partial charge in [-0.3, -0.25) is 14.6 Å². The first-order valence-electron chi connectivity index (χ1n) is 10.0. The highest BCUT2D eigenvalue weighted by atomic mass is 16.5. The van der Waals surface area contributed by atoms with Crippen LogP contribution in [0.3, 0.4) is 0 Å². The number of hydrogen-bond donors (Lipinski definition) is 1. The van der Waals surface area contributed by atoms with Crippen LogP contribution in [0.2, 0.25) is 0 Å². The number of ether oxygens (including phenoxy) is 2. The standard InChI is InChI=1S/C22H25N3O4/c26-21(24-18-9-13-28-15-18)16-3-5-19(6-4-16)29-20-7-11-25(12-8-20)22(27)17-2-1-10-23-14-17/h1-6,10,14,18,20H,7-9,11-13,15H2,(H,24,26)/t18-/m1/s1. The minimum Gasteiger partial charge on any atom is -0.490 e. The Morgan fingerprint density at radius 2 is 1.86 bits per heavy atom. The van der Waals surface area contributed by atoms with Crippen molar-refractivity contribution >= 4 is 11.8 Å². The van der Waals surface area contributed by atoms with E-state index in [1.165, 1.54) is 0 Å². The van der Waals surface area contributed by atoms with Crippen molar-refractivity contribution in [3.8, 4) is 5.75 Å². The van der Waals surface area contributed by atoms with Gasteiger partial charge in [-0.2, -0.15) is 0 Å². The molecular formula is C22H25N3O4. The van der Waals surface area contributed by atoms with Crippen molar-refractivity contribution in [2.45, 2.75) is 31.4 Å². The van der Waals surface area contributed by atoms with Gasteiger partial charge in [0, 0.05) is 50.5 Å². The maximum atomic E-state index is 12.5. The molecule has 0 saturated carbocycles. The molecule has 2 aliphatic heterocycles. The second-order valence-electron chi connectivity index (χ2n) is 7.41. The van der Waals surface area contributed by atoms with Gasteiger partial charge in [-0.25, -0.2) is 0 Å². The zero-order chi connectivity index (χ0) is 20.1. The van der Waals surface area contributed by atoms with Crippen molar-refractivity contribution in [3.63, 3.8) is 0 Å². The number of aromatic nitrogens is 1. The summed E-state index contributed by atoms with van der Waals surface area (Å²) >= 11 is 0.